The average Bonchev–Trinajstić information content (AvgIpc) is 2.61. The highest BCUT2D eigenvalue weighted by molar-refractivity contribution is 6.30. The van der Waals surface area contributed by atoms with Gasteiger partial charge in [0.05, 0.1) is 20.6 Å². The Balaban J connectivity index is 2.02. The molecule has 2 N–H and O–H groups in total. The van der Waals surface area contributed by atoms with Gasteiger partial charge in [-0.1, -0.05) is 28.9 Å². The fraction of sp³-hybridized carbons (Fsp3) is 0.176. The van der Waals surface area contributed by atoms with E-state index in [0.29, 0.717) is 22.1 Å². The van der Waals surface area contributed by atoms with Gasteiger partial charge in [0, 0.05) is 10.6 Å². The Labute approximate surface area is 144 Å². The molecule has 126 valence electrons. The first-order chi connectivity index (χ1) is 11.5. The molecule has 0 aliphatic carbocycles. The number of rotatable bonds is 6. The van der Waals surface area contributed by atoms with E-state index in [9.17, 15) is 4.79 Å². The van der Waals surface area contributed by atoms with Crippen LogP contribution < -0.4 is 15.2 Å². The number of hydrogen-bond donors (Lipinski definition) is 1. The molecular formula is C17H17ClN2O4. The van der Waals surface area contributed by atoms with E-state index in [1.807, 2.05) is 0 Å². The first kappa shape index (κ1) is 17.6. The molecule has 0 heterocycles. The number of amidine groups is 1. The molecule has 0 radical (unpaired) electrons. The fourth-order valence-electron chi connectivity index (χ4n) is 1.95. The summed E-state index contributed by atoms with van der Waals surface area (Å²) < 4.78 is 10.3. The normalized spacial score (nSPS) is 11.0. The van der Waals surface area contributed by atoms with Gasteiger partial charge in [0.15, 0.2) is 17.3 Å². The molecule has 0 atom stereocenters. The highest BCUT2D eigenvalue weighted by atomic mass is 35.5. The lowest BCUT2D eigenvalue weighted by Gasteiger charge is -2.09. The topological polar surface area (TPSA) is 83.1 Å². The van der Waals surface area contributed by atoms with Crippen molar-refractivity contribution < 1.29 is 19.1 Å². The summed E-state index contributed by atoms with van der Waals surface area (Å²) in [5.74, 6) is 0.593. The van der Waals surface area contributed by atoms with Gasteiger partial charge in [0.25, 0.3) is 0 Å². The van der Waals surface area contributed by atoms with Crippen molar-refractivity contribution in [3.8, 4) is 11.5 Å². The number of nitrogens with two attached hydrogens (primary N) is 1. The Bertz CT molecular complexity index is 745. The van der Waals surface area contributed by atoms with E-state index in [4.69, 9.17) is 31.6 Å². The van der Waals surface area contributed by atoms with Gasteiger partial charge in [-0.15, -0.1) is 0 Å². The number of halogens is 1. The lowest BCUT2D eigenvalue weighted by molar-refractivity contribution is -0.142. The first-order valence-electron chi connectivity index (χ1n) is 7.03. The number of hydrogen-bond acceptors (Lipinski definition) is 5. The van der Waals surface area contributed by atoms with Gasteiger partial charge < -0.3 is 20.0 Å². The maximum atomic E-state index is 11.8. The van der Waals surface area contributed by atoms with Crippen LogP contribution in [0.15, 0.2) is 47.6 Å². The van der Waals surface area contributed by atoms with Gasteiger partial charge in [-0.05, 0) is 35.9 Å². The van der Waals surface area contributed by atoms with E-state index >= 15 is 0 Å². The third-order valence-corrected chi connectivity index (χ3v) is 3.44. The predicted octanol–water partition coefficient (Wildman–Crippen LogP) is 2.76. The molecule has 0 unspecified atom stereocenters. The van der Waals surface area contributed by atoms with E-state index in [1.54, 1.807) is 42.5 Å². The third-order valence-electron chi connectivity index (χ3n) is 3.19. The Morgan fingerprint density at radius 1 is 1.08 bits per heavy atom. The van der Waals surface area contributed by atoms with Crippen LogP contribution in [0.3, 0.4) is 0 Å². The minimum absolute atomic E-state index is 0.0559. The number of benzene rings is 2. The Kier molecular flexibility index (Phi) is 6.03. The largest absolute Gasteiger partial charge is 0.493 e. The molecule has 2 rings (SSSR count). The summed E-state index contributed by atoms with van der Waals surface area (Å²) in [4.78, 5) is 16.6. The number of carbonyl (C=O) groups excluding carboxylic acids is 1. The molecule has 0 spiro atoms. The minimum Gasteiger partial charge on any atom is -0.493 e. The molecule has 2 aromatic carbocycles. The predicted molar refractivity (Wildman–Crippen MR) is 91.5 cm³/mol. The Morgan fingerprint density at radius 3 is 2.38 bits per heavy atom. The molecule has 7 heteroatoms. The van der Waals surface area contributed by atoms with Gasteiger partial charge in [-0.25, -0.2) is 4.79 Å². The van der Waals surface area contributed by atoms with E-state index in [1.165, 1.54) is 14.2 Å². The second-order valence-corrected chi connectivity index (χ2v) is 5.25. The summed E-state index contributed by atoms with van der Waals surface area (Å²) in [5.41, 5.74) is 7.15. The summed E-state index contributed by atoms with van der Waals surface area (Å²) in [6.07, 6.45) is 0.0693. The second kappa shape index (κ2) is 8.21. The van der Waals surface area contributed by atoms with Crippen LogP contribution in [0.2, 0.25) is 5.02 Å². The molecule has 0 aromatic heterocycles. The molecule has 0 saturated carbocycles. The van der Waals surface area contributed by atoms with Crippen LogP contribution in [0.4, 0.5) is 0 Å². The third kappa shape index (κ3) is 4.63. The number of nitrogens with zero attached hydrogens (tertiary/aromatic N) is 1. The molecule has 0 bridgehead atoms. The van der Waals surface area contributed by atoms with Crippen LogP contribution in [0.5, 0.6) is 11.5 Å². The number of oxime groups is 1. The van der Waals surface area contributed by atoms with Gasteiger partial charge in [0.2, 0.25) is 0 Å². The van der Waals surface area contributed by atoms with Crippen LogP contribution in [-0.2, 0) is 16.1 Å². The molecule has 0 aliphatic rings. The lowest BCUT2D eigenvalue weighted by atomic mass is 10.2. The van der Waals surface area contributed by atoms with Crippen molar-refractivity contribution in [2.45, 2.75) is 6.42 Å². The smallest absolute Gasteiger partial charge is 0.339 e. The maximum absolute atomic E-state index is 11.8. The number of ether oxygens (including phenoxy) is 2. The molecule has 6 nitrogen and oxygen atoms in total. The molecular weight excluding hydrogens is 332 g/mol. The van der Waals surface area contributed by atoms with Crippen molar-refractivity contribution in [1.82, 2.24) is 0 Å². The van der Waals surface area contributed by atoms with Crippen LogP contribution in [-0.4, -0.2) is 26.0 Å². The number of carbonyl (C=O) groups is 1. The Morgan fingerprint density at radius 2 is 1.75 bits per heavy atom. The van der Waals surface area contributed by atoms with Crippen molar-refractivity contribution in [2.75, 3.05) is 14.2 Å². The van der Waals surface area contributed by atoms with E-state index < -0.39 is 5.97 Å². The zero-order chi connectivity index (χ0) is 17.5. The summed E-state index contributed by atoms with van der Waals surface area (Å²) in [6.45, 7) is 0. The van der Waals surface area contributed by atoms with E-state index in [0.717, 1.165) is 5.56 Å². The van der Waals surface area contributed by atoms with E-state index in [-0.39, 0.29) is 12.3 Å². The van der Waals surface area contributed by atoms with Gasteiger partial charge in [-0.2, -0.15) is 0 Å². The standard InChI is InChI=1S/C17H17ClN2O4/c1-22-14-8-5-12(10-15(14)23-2)17(19)20-24-16(21)9-11-3-6-13(18)7-4-11/h3-8,10H,9H2,1-2H3,(H2,19,20). The molecule has 0 saturated heterocycles. The monoisotopic (exact) mass is 348 g/mol. The summed E-state index contributed by atoms with van der Waals surface area (Å²) in [6, 6.07) is 11.9. The summed E-state index contributed by atoms with van der Waals surface area (Å²) in [7, 11) is 3.05. The van der Waals surface area contributed by atoms with Gasteiger partial charge in [0.1, 0.15) is 0 Å². The highest BCUT2D eigenvalue weighted by Crippen LogP contribution is 2.27. The van der Waals surface area contributed by atoms with Crippen LogP contribution in [0, 0.1) is 0 Å². The van der Waals surface area contributed by atoms with Crippen LogP contribution in [0.25, 0.3) is 0 Å². The van der Waals surface area contributed by atoms with Crippen molar-refractivity contribution >= 4 is 23.4 Å². The first-order valence-corrected chi connectivity index (χ1v) is 7.41. The van der Waals surface area contributed by atoms with Crippen molar-refractivity contribution in [3.05, 3.63) is 58.6 Å². The maximum Gasteiger partial charge on any atom is 0.339 e. The molecule has 24 heavy (non-hydrogen) atoms. The quantitative estimate of drug-likeness (QED) is 0.375. The zero-order valence-electron chi connectivity index (χ0n) is 13.3. The van der Waals surface area contributed by atoms with Crippen molar-refractivity contribution in [3.63, 3.8) is 0 Å². The molecule has 2 aromatic rings. The van der Waals surface area contributed by atoms with Gasteiger partial charge >= 0.3 is 5.97 Å². The van der Waals surface area contributed by atoms with Crippen molar-refractivity contribution in [2.24, 2.45) is 10.9 Å². The SMILES string of the molecule is COc1ccc(/C(N)=N\OC(=O)Cc2ccc(Cl)cc2)cc1OC. The van der Waals surface area contributed by atoms with Crippen molar-refractivity contribution in [1.29, 1.82) is 0 Å². The van der Waals surface area contributed by atoms with Crippen LogP contribution >= 0.6 is 11.6 Å². The van der Waals surface area contributed by atoms with E-state index in [2.05, 4.69) is 5.16 Å². The minimum atomic E-state index is -0.527. The highest BCUT2D eigenvalue weighted by Gasteiger charge is 2.09. The Hall–Kier alpha value is -2.73. The molecule has 0 aliphatic heterocycles. The number of methoxy groups -OCH3 is 2. The summed E-state index contributed by atoms with van der Waals surface area (Å²) >= 11 is 5.79. The fourth-order valence-corrected chi connectivity index (χ4v) is 2.08. The second-order valence-electron chi connectivity index (χ2n) is 4.81. The lowest BCUT2D eigenvalue weighted by Crippen LogP contribution is -2.16. The van der Waals surface area contributed by atoms with Gasteiger partial charge in [-0.3, -0.25) is 0 Å². The molecule has 0 fully saturated rings. The molecule has 0 amide bonds. The summed E-state index contributed by atoms with van der Waals surface area (Å²) in [5, 5.41) is 4.26. The average molecular weight is 349 g/mol. The van der Waals surface area contributed by atoms with Crippen LogP contribution in [0.1, 0.15) is 11.1 Å². The zero-order valence-corrected chi connectivity index (χ0v) is 14.0.